The molecule has 7 nitrogen and oxygen atoms in total. The number of imidazole rings is 1. The van der Waals surface area contributed by atoms with Crippen LogP contribution >= 0.6 is 11.6 Å². The Morgan fingerprint density at radius 1 is 1.42 bits per heavy atom. The van der Waals surface area contributed by atoms with Crippen molar-refractivity contribution in [2.75, 3.05) is 26.7 Å². The maximum absolute atomic E-state index is 14.9. The first-order valence-electron chi connectivity index (χ1n) is 11.0. The molecule has 3 aromatic rings. The lowest BCUT2D eigenvalue weighted by Gasteiger charge is -2.33. The van der Waals surface area contributed by atoms with Crippen LogP contribution in [0.25, 0.3) is 16.9 Å². The number of aryl methyl sites for hydroxylation is 1. The van der Waals surface area contributed by atoms with Crippen molar-refractivity contribution < 1.29 is 19.0 Å². The number of halogens is 2. The molecule has 1 aliphatic rings. The Hall–Kier alpha value is -2.52. The first-order chi connectivity index (χ1) is 15.8. The molecule has 3 heterocycles. The molecule has 2 atom stereocenters. The molecule has 176 valence electrons. The van der Waals surface area contributed by atoms with Crippen LogP contribution in [-0.4, -0.2) is 58.1 Å². The fourth-order valence-electron chi connectivity index (χ4n) is 4.31. The Balaban J connectivity index is 1.77. The van der Waals surface area contributed by atoms with E-state index in [1.165, 1.54) is 6.07 Å². The molecule has 2 N–H and O–H groups in total. The lowest BCUT2D eigenvalue weighted by Crippen LogP contribution is -2.46. The van der Waals surface area contributed by atoms with Gasteiger partial charge in [0.25, 0.3) is 0 Å². The minimum atomic E-state index is -1.10. The predicted octanol–water partition coefficient (Wildman–Crippen LogP) is 3.49. The maximum atomic E-state index is 14.9. The number of hydrogen-bond donors (Lipinski definition) is 2. The first-order valence-corrected chi connectivity index (χ1v) is 11.4. The highest BCUT2D eigenvalue weighted by molar-refractivity contribution is 6.30. The summed E-state index contributed by atoms with van der Waals surface area (Å²) in [6, 6.07) is 6.57. The Morgan fingerprint density at radius 2 is 2.21 bits per heavy atom. The van der Waals surface area contributed by atoms with Gasteiger partial charge in [-0.2, -0.15) is 0 Å². The highest BCUT2D eigenvalue weighted by atomic mass is 35.5. The van der Waals surface area contributed by atoms with Gasteiger partial charge in [0.05, 0.1) is 24.1 Å². The fraction of sp³-hybridized carbons (Fsp3) is 0.417. The summed E-state index contributed by atoms with van der Waals surface area (Å²) in [4.78, 5) is 18.8. The Kier molecular flexibility index (Phi) is 6.99. The lowest BCUT2D eigenvalue weighted by atomic mass is 9.98. The van der Waals surface area contributed by atoms with E-state index >= 15 is 0 Å². The molecule has 1 fully saturated rings. The molecule has 0 spiro atoms. The summed E-state index contributed by atoms with van der Waals surface area (Å²) in [5.74, 6) is -0.419. The van der Waals surface area contributed by atoms with Gasteiger partial charge in [-0.3, -0.25) is 10.1 Å². The number of carbonyl (C=O) groups excluding carboxylic acids is 1. The number of hydrogen-bond acceptors (Lipinski definition) is 5. The van der Waals surface area contributed by atoms with Crippen molar-refractivity contribution in [3.05, 3.63) is 58.1 Å². The second-order valence-electron chi connectivity index (χ2n) is 8.25. The van der Waals surface area contributed by atoms with Gasteiger partial charge in [0, 0.05) is 54.3 Å². The second-order valence-corrected chi connectivity index (χ2v) is 8.69. The number of rotatable bonds is 6. The molecule has 9 heteroatoms. The molecule has 33 heavy (non-hydrogen) atoms. The van der Waals surface area contributed by atoms with Crippen LogP contribution in [-0.2, 0) is 16.0 Å². The fourth-order valence-corrected chi connectivity index (χ4v) is 4.47. The molecule has 1 unspecified atom stereocenters. The van der Waals surface area contributed by atoms with Crippen LogP contribution in [0.5, 0.6) is 0 Å². The van der Waals surface area contributed by atoms with E-state index in [2.05, 4.69) is 5.32 Å². The molecule has 0 aliphatic carbocycles. The van der Waals surface area contributed by atoms with Crippen LogP contribution < -0.4 is 5.32 Å². The van der Waals surface area contributed by atoms with Gasteiger partial charge in [0.2, 0.25) is 5.91 Å². The zero-order valence-electron chi connectivity index (χ0n) is 18.9. The Bertz CT molecular complexity index is 1180. The summed E-state index contributed by atoms with van der Waals surface area (Å²) in [7, 11) is 1.56. The molecule has 4 rings (SSSR count). The summed E-state index contributed by atoms with van der Waals surface area (Å²) >= 11 is 6.20. The normalized spacial score (nSPS) is 17.5. The number of ether oxygens (including phenoxy) is 1. The van der Waals surface area contributed by atoms with Crippen molar-refractivity contribution >= 4 is 23.2 Å². The molecule has 1 amide bonds. The Labute approximate surface area is 197 Å². The molecule has 0 bridgehead atoms. The highest BCUT2D eigenvalue weighted by Crippen LogP contribution is 2.32. The predicted molar refractivity (Wildman–Crippen MR) is 125 cm³/mol. The summed E-state index contributed by atoms with van der Waals surface area (Å²) in [5, 5.41) is 13.3. The minimum absolute atomic E-state index is 0.102. The van der Waals surface area contributed by atoms with Gasteiger partial charge in [0.1, 0.15) is 17.7 Å². The number of fused-ring (bicyclic) bond motifs is 1. The van der Waals surface area contributed by atoms with E-state index in [9.17, 15) is 14.3 Å². The average Bonchev–Trinajstić information content (AvgIpc) is 3.16. The number of benzene rings is 1. The van der Waals surface area contributed by atoms with Crippen LogP contribution in [0.1, 0.15) is 36.4 Å². The minimum Gasteiger partial charge on any atom is -0.374 e. The van der Waals surface area contributed by atoms with Crippen molar-refractivity contribution in [1.82, 2.24) is 19.6 Å². The van der Waals surface area contributed by atoms with Gasteiger partial charge in [-0.25, -0.2) is 9.37 Å². The number of aliphatic hydroxyl groups excluding tert-OH is 1. The number of morpholine rings is 1. The molecule has 1 aliphatic heterocycles. The molecule has 2 aromatic heterocycles. The van der Waals surface area contributed by atoms with Crippen LogP contribution in [0, 0.1) is 12.7 Å². The van der Waals surface area contributed by atoms with Crippen molar-refractivity contribution in [3.8, 4) is 11.3 Å². The number of pyridine rings is 1. The smallest absolute Gasteiger partial charge is 0.222 e. The molecule has 1 aromatic carbocycles. The van der Waals surface area contributed by atoms with Gasteiger partial charge in [-0.1, -0.05) is 18.5 Å². The van der Waals surface area contributed by atoms with Crippen LogP contribution in [0.2, 0.25) is 5.02 Å². The van der Waals surface area contributed by atoms with Crippen molar-refractivity contribution in [1.29, 1.82) is 0 Å². The lowest BCUT2D eigenvalue weighted by molar-refractivity contribution is -0.138. The van der Waals surface area contributed by atoms with Crippen molar-refractivity contribution in [3.63, 3.8) is 0 Å². The number of nitrogens with zero attached hydrogens (tertiary/aromatic N) is 3. The summed E-state index contributed by atoms with van der Waals surface area (Å²) in [5.41, 5.74) is 3.71. The largest absolute Gasteiger partial charge is 0.374 e. The standard InChI is InChI=1S/C24H28ClFN4O3/c1-4-22(31)29-7-8-33-16(13-29)11-20-23(28-21-10-15(25)5-6-30(20)21)17-12-19(26)18(9-14(17)2)24(32)27-3/h5-6,9-10,12,16,24,27,32H,4,7-8,11,13H2,1-3H3/t16-,24?/m0/s1. The van der Waals surface area contributed by atoms with Crippen LogP contribution in [0.15, 0.2) is 30.5 Å². The zero-order valence-corrected chi connectivity index (χ0v) is 19.7. The second kappa shape index (κ2) is 9.77. The van der Waals surface area contributed by atoms with Crippen molar-refractivity contribution in [2.24, 2.45) is 0 Å². The maximum Gasteiger partial charge on any atom is 0.222 e. The topological polar surface area (TPSA) is 79.1 Å². The van der Waals surface area contributed by atoms with Gasteiger partial charge >= 0.3 is 0 Å². The summed E-state index contributed by atoms with van der Waals surface area (Å²) < 4.78 is 22.8. The van der Waals surface area contributed by atoms with E-state index in [1.807, 2.05) is 29.3 Å². The zero-order chi connectivity index (χ0) is 23.7. The number of aliphatic hydroxyl groups is 1. The SMILES string of the molecule is CCC(=O)N1CCO[C@@H](Cc2c(-c3cc(F)c(C(O)NC)cc3C)nc3cc(Cl)ccn23)C1. The van der Waals surface area contributed by atoms with E-state index in [4.69, 9.17) is 21.3 Å². The number of aromatic nitrogens is 2. The summed E-state index contributed by atoms with van der Waals surface area (Å²) in [6.45, 7) is 5.26. The third-order valence-electron chi connectivity index (χ3n) is 6.07. The van der Waals surface area contributed by atoms with E-state index < -0.39 is 12.0 Å². The van der Waals surface area contributed by atoms with E-state index in [1.54, 1.807) is 25.2 Å². The first kappa shape index (κ1) is 23.6. The van der Waals surface area contributed by atoms with E-state index in [-0.39, 0.29) is 17.6 Å². The molecule has 1 saturated heterocycles. The number of nitrogens with one attached hydrogen (secondary N) is 1. The number of amides is 1. The van der Waals surface area contributed by atoms with Gasteiger partial charge in [0.15, 0.2) is 0 Å². The average molecular weight is 475 g/mol. The van der Waals surface area contributed by atoms with E-state index in [0.29, 0.717) is 54.5 Å². The van der Waals surface area contributed by atoms with Crippen LogP contribution in [0.4, 0.5) is 4.39 Å². The van der Waals surface area contributed by atoms with E-state index in [0.717, 1.165) is 11.3 Å². The van der Waals surface area contributed by atoms with Gasteiger partial charge < -0.3 is 19.1 Å². The highest BCUT2D eigenvalue weighted by Gasteiger charge is 2.27. The third-order valence-corrected chi connectivity index (χ3v) is 6.30. The molecular weight excluding hydrogens is 447 g/mol. The molecular formula is C24H28ClFN4O3. The van der Waals surface area contributed by atoms with Gasteiger partial charge in [-0.15, -0.1) is 0 Å². The summed E-state index contributed by atoms with van der Waals surface area (Å²) in [6.07, 6.45) is 1.48. The third kappa shape index (κ3) is 4.75. The monoisotopic (exact) mass is 474 g/mol. The Morgan fingerprint density at radius 3 is 2.94 bits per heavy atom. The quantitative estimate of drug-likeness (QED) is 0.535. The van der Waals surface area contributed by atoms with Crippen molar-refractivity contribution in [2.45, 2.75) is 39.0 Å². The molecule has 0 saturated carbocycles. The van der Waals surface area contributed by atoms with Gasteiger partial charge in [-0.05, 0) is 37.7 Å². The molecule has 0 radical (unpaired) electrons. The van der Waals surface area contributed by atoms with Crippen LogP contribution in [0.3, 0.4) is 0 Å². The number of carbonyl (C=O) groups is 1.